The third kappa shape index (κ3) is 21.3. The Morgan fingerprint density at radius 3 is 1.56 bits per heavy atom. The van der Waals surface area contributed by atoms with Crippen LogP contribution in [0.2, 0.25) is 0 Å². The molecule has 0 aliphatic carbocycles. The average molecular weight is 257 g/mol. The summed E-state index contributed by atoms with van der Waals surface area (Å²) >= 11 is 0. The first-order valence-electron chi connectivity index (χ1n) is 8.58. The zero-order chi connectivity index (χ0) is 14.2. The predicted molar refractivity (Wildman–Crippen MR) is 87.2 cm³/mol. The second-order valence-corrected chi connectivity index (χ2v) is 6.25. The summed E-state index contributed by atoms with van der Waals surface area (Å²) < 4.78 is 0. The molecule has 0 aliphatic heterocycles. The SMILES string of the molecule is CCCCCC(C)C.CCCCCC[C@@H](C)CC. The molecule has 0 radical (unpaired) electrons. The fourth-order valence-electron chi connectivity index (χ4n) is 1.93. The van der Waals surface area contributed by atoms with E-state index in [0.717, 1.165) is 11.8 Å². The minimum Gasteiger partial charge on any atom is -0.0654 e. The standard InChI is InChI=1S/C10H22.C8H18/c1-4-6-7-8-9-10(3)5-2;1-4-5-6-7-8(2)3/h10H,4-9H2,1-3H3;8H,4-7H2,1-3H3/t10-;/m0./s1. The molecule has 0 heteroatoms. The van der Waals surface area contributed by atoms with Crippen LogP contribution in [0.25, 0.3) is 0 Å². The second kappa shape index (κ2) is 17.0. The summed E-state index contributed by atoms with van der Waals surface area (Å²) in [5.41, 5.74) is 0. The van der Waals surface area contributed by atoms with E-state index in [4.69, 9.17) is 0 Å². The number of hydrogen-bond donors (Lipinski definition) is 0. The molecule has 0 fully saturated rings. The number of unbranched alkanes of at least 4 members (excludes halogenated alkanes) is 5. The van der Waals surface area contributed by atoms with E-state index < -0.39 is 0 Å². The summed E-state index contributed by atoms with van der Waals surface area (Å²) in [6.07, 6.45) is 14.1. The topological polar surface area (TPSA) is 0 Å². The molecule has 0 bridgehead atoms. The van der Waals surface area contributed by atoms with Crippen LogP contribution in [0, 0.1) is 11.8 Å². The Morgan fingerprint density at radius 1 is 0.611 bits per heavy atom. The molecule has 0 aromatic carbocycles. The summed E-state index contributed by atoms with van der Waals surface area (Å²) in [4.78, 5) is 0. The van der Waals surface area contributed by atoms with Crippen LogP contribution in [0.5, 0.6) is 0 Å². The molecule has 0 nitrogen and oxygen atoms in total. The zero-order valence-electron chi connectivity index (χ0n) is 14.2. The van der Waals surface area contributed by atoms with Gasteiger partial charge in [-0.25, -0.2) is 0 Å². The van der Waals surface area contributed by atoms with Gasteiger partial charge in [-0.05, 0) is 11.8 Å². The molecule has 0 aromatic heterocycles. The van der Waals surface area contributed by atoms with Gasteiger partial charge in [-0.3, -0.25) is 0 Å². The molecule has 0 saturated heterocycles. The van der Waals surface area contributed by atoms with Crippen molar-refractivity contribution in [1.82, 2.24) is 0 Å². The van der Waals surface area contributed by atoms with Gasteiger partial charge >= 0.3 is 0 Å². The third-order valence-corrected chi connectivity index (χ3v) is 3.63. The van der Waals surface area contributed by atoms with Crippen LogP contribution in [0.15, 0.2) is 0 Å². The Morgan fingerprint density at radius 2 is 1.11 bits per heavy atom. The quantitative estimate of drug-likeness (QED) is 0.362. The molecule has 0 N–H and O–H groups in total. The molecule has 1 atom stereocenters. The van der Waals surface area contributed by atoms with Gasteiger partial charge in [0.2, 0.25) is 0 Å². The van der Waals surface area contributed by atoms with Crippen molar-refractivity contribution in [1.29, 1.82) is 0 Å². The van der Waals surface area contributed by atoms with E-state index in [-0.39, 0.29) is 0 Å². The molecular weight excluding hydrogens is 216 g/mol. The maximum Gasteiger partial charge on any atom is -0.0445 e. The molecule has 0 amide bonds. The molecule has 0 spiro atoms. The summed E-state index contributed by atoms with van der Waals surface area (Å²) in [7, 11) is 0. The van der Waals surface area contributed by atoms with E-state index in [0.29, 0.717) is 0 Å². The molecular formula is C18H40. The minimum atomic E-state index is 0.904. The molecule has 0 unspecified atom stereocenters. The maximum atomic E-state index is 2.35. The van der Waals surface area contributed by atoms with Gasteiger partial charge in [-0.1, -0.05) is 106 Å². The highest BCUT2D eigenvalue weighted by Gasteiger charge is 1.96. The van der Waals surface area contributed by atoms with E-state index in [2.05, 4.69) is 41.5 Å². The van der Waals surface area contributed by atoms with Gasteiger partial charge < -0.3 is 0 Å². The first-order valence-corrected chi connectivity index (χ1v) is 8.58. The molecule has 112 valence electrons. The highest BCUT2D eigenvalue weighted by molar-refractivity contribution is 4.50. The van der Waals surface area contributed by atoms with Crippen molar-refractivity contribution in [2.75, 3.05) is 0 Å². The van der Waals surface area contributed by atoms with Gasteiger partial charge in [-0.2, -0.15) is 0 Å². The van der Waals surface area contributed by atoms with Crippen LogP contribution >= 0.6 is 0 Å². The van der Waals surface area contributed by atoms with Gasteiger partial charge in [-0.15, -0.1) is 0 Å². The molecule has 0 aromatic rings. The summed E-state index contributed by atoms with van der Waals surface area (Å²) in [5.74, 6) is 1.86. The molecule has 0 aliphatic rings. The van der Waals surface area contributed by atoms with E-state index in [1.165, 1.54) is 64.2 Å². The van der Waals surface area contributed by atoms with Crippen molar-refractivity contribution in [3.05, 3.63) is 0 Å². The fourth-order valence-corrected chi connectivity index (χ4v) is 1.93. The van der Waals surface area contributed by atoms with Gasteiger partial charge in [0.15, 0.2) is 0 Å². The lowest BCUT2D eigenvalue weighted by molar-refractivity contribution is 0.477. The van der Waals surface area contributed by atoms with E-state index in [1.54, 1.807) is 0 Å². The van der Waals surface area contributed by atoms with Gasteiger partial charge in [0.25, 0.3) is 0 Å². The predicted octanol–water partition coefficient (Wildman–Crippen LogP) is 7.23. The normalized spacial score (nSPS) is 12.2. The third-order valence-electron chi connectivity index (χ3n) is 3.63. The lowest BCUT2D eigenvalue weighted by Gasteiger charge is -2.06. The summed E-state index contributed by atoms with van der Waals surface area (Å²) in [5, 5.41) is 0. The van der Waals surface area contributed by atoms with Crippen molar-refractivity contribution in [3.8, 4) is 0 Å². The molecule has 18 heavy (non-hydrogen) atoms. The first-order chi connectivity index (χ1) is 8.58. The van der Waals surface area contributed by atoms with Gasteiger partial charge in [0, 0.05) is 0 Å². The van der Waals surface area contributed by atoms with Crippen LogP contribution in [-0.2, 0) is 0 Å². The fraction of sp³-hybridized carbons (Fsp3) is 1.00. The van der Waals surface area contributed by atoms with Crippen LogP contribution in [0.4, 0.5) is 0 Å². The first kappa shape index (κ1) is 20.3. The van der Waals surface area contributed by atoms with Crippen molar-refractivity contribution in [2.24, 2.45) is 11.8 Å². The number of rotatable bonds is 10. The summed E-state index contributed by atoms with van der Waals surface area (Å²) in [6, 6.07) is 0. The average Bonchev–Trinajstić information content (AvgIpc) is 2.35. The van der Waals surface area contributed by atoms with Gasteiger partial charge in [0.1, 0.15) is 0 Å². The van der Waals surface area contributed by atoms with Crippen LogP contribution in [0.1, 0.15) is 106 Å². The van der Waals surface area contributed by atoms with Crippen LogP contribution < -0.4 is 0 Å². The van der Waals surface area contributed by atoms with Crippen LogP contribution in [0.3, 0.4) is 0 Å². The lowest BCUT2D eigenvalue weighted by Crippen LogP contribution is -1.91. The Hall–Kier alpha value is 0. The second-order valence-electron chi connectivity index (χ2n) is 6.25. The number of hydrogen-bond acceptors (Lipinski definition) is 0. The van der Waals surface area contributed by atoms with Crippen molar-refractivity contribution < 1.29 is 0 Å². The zero-order valence-corrected chi connectivity index (χ0v) is 14.2. The van der Waals surface area contributed by atoms with Crippen LogP contribution in [-0.4, -0.2) is 0 Å². The molecule has 0 rings (SSSR count). The lowest BCUT2D eigenvalue weighted by atomic mass is 10.0. The summed E-state index contributed by atoms with van der Waals surface area (Å²) in [6.45, 7) is 13.7. The largest absolute Gasteiger partial charge is 0.0654 e. The Bertz CT molecular complexity index is 126. The Kier molecular flexibility index (Phi) is 19.2. The maximum absolute atomic E-state index is 2.35. The van der Waals surface area contributed by atoms with Crippen molar-refractivity contribution in [3.63, 3.8) is 0 Å². The van der Waals surface area contributed by atoms with Crippen molar-refractivity contribution >= 4 is 0 Å². The Balaban J connectivity index is 0. The van der Waals surface area contributed by atoms with Gasteiger partial charge in [0.05, 0.1) is 0 Å². The highest BCUT2D eigenvalue weighted by atomic mass is 14.0. The smallest absolute Gasteiger partial charge is 0.0445 e. The minimum absolute atomic E-state index is 0.904. The highest BCUT2D eigenvalue weighted by Crippen LogP contribution is 2.12. The Labute approximate surface area is 118 Å². The monoisotopic (exact) mass is 256 g/mol. The van der Waals surface area contributed by atoms with Crippen molar-refractivity contribution in [2.45, 2.75) is 106 Å². The molecule has 0 saturated carbocycles. The van der Waals surface area contributed by atoms with E-state index in [9.17, 15) is 0 Å². The molecule has 0 heterocycles. The van der Waals surface area contributed by atoms with E-state index in [1.807, 2.05) is 0 Å². The van der Waals surface area contributed by atoms with E-state index >= 15 is 0 Å².